The fourth-order valence-electron chi connectivity index (χ4n) is 1.69. The molecule has 0 saturated heterocycles. The van der Waals surface area contributed by atoms with Crippen LogP contribution < -0.4 is 5.73 Å². The van der Waals surface area contributed by atoms with Gasteiger partial charge in [-0.05, 0) is 25.5 Å². The quantitative estimate of drug-likeness (QED) is 0.838. The van der Waals surface area contributed by atoms with E-state index in [0.29, 0.717) is 12.2 Å². The first-order valence-electron chi connectivity index (χ1n) is 5.29. The van der Waals surface area contributed by atoms with E-state index in [1.165, 1.54) is 0 Å². The van der Waals surface area contributed by atoms with Crippen LogP contribution in [0.2, 0.25) is 0 Å². The highest BCUT2D eigenvalue weighted by atomic mass is 15.3. The van der Waals surface area contributed by atoms with Crippen LogP contribution in [-0.4, -0.2) is 19.7 Å². The van der Waals surface area contributed by atoms with E-state index in [0.717, 1.165) is 23.5 Å². The van der Waals surface area contributed by atoms with E-state index in [1.807, 2.05) is 24.6 Å². The van der Waals surface area contributed by atoms with E-state index in [4.69, 9.17) is 5.73 Å². The third kappa shape index (κ3) is 1.88. The summed E-state index contributed by atoms with van der Waals surface area (Å²) in [5.41, 5.74) is 8.03. The summed E-state index contributed by atoms with van der Waals surface area (Å²) >= 11 is 0. The van der Waals surface area contributed by atoms with Crippen LogP contribution in [0.3, 0.4) is 0 Å². The van der Waals surface area contributed by atoms with Gasteiger partial charge in [-0.3, -0.25) is 4.68 Å². The number of nitrogen functional groups attached to an aromatic ring is 1. The molecule has 0 aliphatic carbocycles. The molecule has 84 valence electrons. The molecule has 5 nitrogen and oxygen atoms in total. The molecule has 2 aromatic heterocycles. The second kappa shape index (κ2) is 4.30. The number of pyridine rings is 1. The molecule has 0 unspecified atom stereocenters. The number of rotatable bonds is 3. The fourth-order valence-corrected chi connectivity index (χ4v) is 1.69. The maximum absolute atomic E-state index is 5.86. The average molecular weight is 217 g/mol. The molecular weight excluding hydrogens is 202 g/mol. The lowest BCUT2D eigenvalue weighted by molar-refractivity contribution is 0.624. The Morgan fingerprint density at radius 2 is 2.19 bits per heavy atom. The molecule has 2 N–H and O–H groups in total. The Labute approximate surface area is 94.3 Å². The Balaban J connectivity index is 2.34. The fraction of sp³-hybridized carbons (Fsp3) is 0.364. The molecule has 2 aromatic rings. The minimum absolute atomic E-state index is 0.575. The van der Waals surface area contributed by atoms with Gasteiger partial charge in [0.2, 0.25) is 0 Å². The number of hydrogen-bond donors (Lipinski definition) is 1. The molecule has 2 heterocycles. The normalized spacial score (nSPS) is 10.6. The van der Waals surface area contributed by atoms with E-state index in [9.17, 15) is 0 Å². The maximum atomic E-state index is 5.86. The lowest BCUT2D eigenvalue weighted by Gasteiger charge is -2.08. The van der Waals surface area contributed by atoms with Gasteiger partial charge in [0.25, 0.3) is 0 Å². The first-order chi connectivity index (χ1) is 7.72. The molecule has 0 aliphatic heterocycles. The number of aryl methyl sites for hydroxylation is 2. The zero-order valence-corrected chi connectivity index (χ0v) is 9.51. The Morgan fingerprint density at radius 3 is 2.88 bits per heavy atom. The summed E-state index contributed by atoms with van der Waals surface area (Å²) in [7, 11) is 0. The zero-order chi connectivity index (χ0) is 11.5. The van der Waals surface area contributed by atoms with Gasteiger partial charge in [-0.1, -0.05) is 0 Å². The smallest absolute Gasteiger partial charge is 0.138 e. The number of anilines is 1. The molecule has 0 aromatic carbocycles. The van der Waals surface area contributed by atoms with E-state index in [1.54, 1.807) is 12.5 Å². The van der Waals surface area contributed by atoms with Crippen molar-refractivity contribution in [3.8, 4) is 0 Å². The Kier molecular flexibility index (Phi) is 2.85. The molecule has 0 aliphatic rings. The molecule has 0 amide bonds. The van der Waals surface area contributed by atoms with Crippen LogP contribution in [0.5, 0.6) is 0 Å². The highest BCUT2D eigenvalue weighted by molar-refractivity contribution is 5.45. The Morgan fingerprint density at radius 1 is 1.38 bits per heavy atom. The molecule has 0 atom stereocenters. The van der Waals surface area contributed by atoms with Crippen LogP contribution in [0.25, 0.3) is 0 Å². The second-order valence-electron chi connectivity index (χ2n) is 3.66. The van der Waals surface area contributed by atoms with Crippen molar-refractivity contribution in [1.29, 1.82) is 0 Å². The van der Waals surface area contributed by atoms with Gasteiger partial charge in [0.15, 0.2) is 0 Å². The summed E-state index contributed by atoms with van der Waals surface area (Å²) in [4.78, 5) is 8.33. The Hall–Kier alpha value is -1.91. The summed E-state index contributed by atoms with van der Waals surface area (Å²) in [5.74, 6) is 1.50. The summed E-state index contributed by atoms with van der Waals surface area (Å²) in [6.07, 6.45) is 3.97. The molecule has 0 spiro atoms. The third-order valence-electron chi connectivity index (χ3n) is 2.65. The highest BCUT2D eigenvalue weighted by Crippen LogP contribution is 2.16. The van der Waals surface area contributed by atoms with Gasteiger partial charge in [-0.2, -0.15) is 5.10 Å². The third-order valence-corrected chi connectivity index (χ3v) is 2.65. The van der Waals surface area contributed by atoms with Crippen molar-refractivity contribution in [2.24, 2.45) is 0 Å². The first kappa shape index (κ1) is 10.6. The number of aromatic nitrogens is 4. The van der Waals surface area contributed by atoms with Crippen molar-refractivity contribution in [3.05, 3.63) is 35.5 Å². The van der Waals surface area contributed by atoms with Crippen molar-refractivity contribution in [3.63, 3.8) is 0 Å². The van der Waals surface area contributed by atoms with Gasteiger partial charge in [-0.25, -0.2) is 9.97 Å². The van der Waals surface area contributed by atoms with Crippen LogP contribution >= 0.6 is 0 Å². The predicted molar refractivity (Wildman–Crippen MR) is 61.9 cm³/mol. The monoisotopic (exact) mass is 217 g/mol. The summed E-state index contributed by atoms with van der Waals surface area (Å²) in [6.45, 7) is 4.88. The van der Waals surface area contributed by atoms with Crippen molar-refractivity contribution >= 4 is 5.82 Å². The topological polar surface area (TPSA) is 69.6 Å². The Bertz CT molecular complexity index is 469. The number of hydrogen-bond acceptors (Lipinski definition) is 4. The average Bonchev–Trinajstić information content (AvgIpc) is 2.71. The predicted octanol–water partition coefficient (Wildman–Crippen LogP) is 1.17. The van der Waals surface area contributed by atoms with Gasteiger partial charge >= 0.3 is 0 Å². The van der Waals surface area contributed by atoms with E-state index in [2.05, 4.69) is 15.1 Å². The summed E-state index contributed by atoms with van der Waals surface area (Å²) in [5, 5.41) is 4.13. The van der Waals surface area contributed by atoms with Gasteiger partial charge in [0, 0.05) is 24.7 Å². The van der Waals surface area contributed by atoms with E-state index < -0.39 is 0 Å². The molecule has 5 heteroatoms. The van der Waals surface area contributed by atoms with Crippen LogP contribution in [0.15, 0.2) is 18.6 Å². The highest BCUT2D eigenvalue weighted by Gasteiger charge is 2.09. The van der Waals surface area contributed by atoms with Crippen LogP contribution in [-0.2, 0) is 13.0 Å². The van der Waals surface area contributed by atoms with Gasteiger partial charge in [-0.15, -0.1) is 0 Å². The summed E-state index contributed by atoms with van der Waals surface area (Å²) < 4.78 is 1.87. The summed E-state index contributed by atoms with van der Waals surface area (Å²) in [6, 6.07) is 1.96. The lowest BCUT2D eigenvalue weighted by Crippen LogP contribution is -2.07. The number of nitrogens with two attached hydrogens (primary N) is 1. The standard InChI is InChI=1S/C11H15N5/c1-3-16-10(14-7-15-16)6-9-8(2)4-5-13-11(9)12/h4-5,7H,3,6H2,1-2H3,(H2,12,13). The van der Waals surface area contributed by atoms with Crippen molar-refractivity contribution in [2.75, 3.05) is 5.73 Å². The van der Waals surface area contributed by atoms with Crippen molar-refractivity contribution < 1.29 is 0 Å². The molecular formula is C11H15N5. The van der Waals surface area contributed by atoms with Gasteiger partial charge in [0.05, 0.1) is 0 Å². The van der Waals surface area contributed by atoms with E-state index in [-0.39, 0.29) is 0 Å². The molecule has 0 bridgehead atoms. The van der Waals surface area contributed by atoms with Crippen LogP contribution in [0, 0.1) is 6.92 Å². The van der Waals surface area contributed by atoms with Crippen LogP contribution in [0.4, 0.5) is 5.82 Å². The van der Waals surface area contributed by atoms with E-state index >= 15 is 0 Å². The van der Waals surface area contributed by atoms with Crippen LogP contribution in [0.1, 0.15) is 23.9 Å². The van der Waals surface area contributed by atoms with Gasteiger partial charge < -0.3 is 5.73 Å². The van der Waals surface area contributed by atoms with Crippen molar-refractivity contribution in [2.45, 2.75) is 26.8 Å². The maximum Gasteiger partial charge on any atom is 0.138 e. The molecule has 16 heavy (non-hydrogen) atoms. The first-order valence-corrected chi connectivity index (χ1v) is 5.29. The van der Waals surface area contributed by atoms with Crippen molar-refractivity contribution in [1.82, 2.24) is 19.7 Å². The molecule has 2 rings (SSSR count). The number of nitrogens with zero attached hydrogens (tertiary/aromatic N) is 4. The minimum atomic E-state index is 0.575. The van der Waals surface area contributed by atoms with Gasteiger partial charge in [0.1, 0.15) is 18.0 Å². The molecule has 0 radical (unpaired) electrons. The SMILES string of the molecule is CCn1ncnc1Cc1c(C)ccnc1N. The molecule has 0 saturated carbocycles. The second-order valence-corrected chi connectivity index (χ2v) is 3.66. The zero-order valence-electron chi connectivity index (χ0n) is 9.51. The molecule has 0 fully saturated rings. The largest absolute Gasteiger partial charge is 0.383 e. The minimum Gasteiger partial charge on any atom is -0.383 e. The lowest BCUT2D eigenvalue weighted by atomic mass is 10.1.